The minimum absolute atomic E-state index is 0.0420. The molecule has 0 saturated carbocycles. The number of carbonyl (C=O) groups is 2. The van der Waals surface area contributed by atoms with Crippen molar-refractivity contribution in [3.05, 3.63) is 85.1 Å². The Balaban J connectivity index is 4.39. The molecule has 60 heavy (non-hydrogen) atoms. The van der Waals surface area contributed by atoms with Crippen LogP contribution in [0.25, 0.3) is 0 Å². The van der Waals surface area contributed by atoms with Crippen molar-refractivity contribution in [2.75, 3.05) is 47.5 Å². The van der Waals surface area contributed by atoms with E-state index in [1.165, 1.54) is 32.1 Å². The molecule has 0 aliphatic rings. The summed E-state index contributed by atoms with van der Waals surface area (Å²) in [6.45, 7) is 4.04. The molecule has 0 aliphatic heterocycles. The first-order chi connectivity index (χ1) is 29.0. The van der Waals surface area contributed by atoms with Crippen LogP contribution in [0.4, 0.5) is 0 Å². The summed E-state index contributed by atoms with van der Waals surface area (Å²) in [6.07, 6.45) is 53.2. The average Bonchev–Trinajstić information content (AvgIpc) is 3.20. The lowest BCUT2D eigenvalue weighted by Gasteiger charge is -2.28. The molecule has 2 unspecified atom stereocenters. The maximum Gasteiger partial charge on any atom is 0.306 e. The molecule has 9 nitrogen and oxygen atoms in total. The minimum Gasteiger partial charge on any atom is -0.756 e. The van der Waals surface area contributed by atoms with E-state index in [-0.39, 0.29) is 26.1 Å². The number of carbonyl (C=O) groups excluding carboxylic acids is 2. The zero-order chi connectivity index (χ0) is 44.3. The second-order valence-corrected chi connectivity index (χ2v) is 17.8. The quantitative estimate of drug-likeness (QED) is 0.0196. The van der Waals surface area contributed by atoms with Crippen LogP contribution >= 0.6 is 7.82 Å². The number of phosphoric acid groups is 1. The summed E-state index contributed by atoms with van der Waals surface area (Å²) in [7, 11) is 1.13. The van der Waals surface area contributed by atoms with Crippen LogP contribution in [-0.2, 0) is 32.7 Å². The normalized spacial score (nSPS) is 14.3. The lowest BCUT2D eigenvalue weighted by atomic mass is 10.1. The van der Waals surface area contributed by atoms with Gasteiger partial charge >= 0.3 is 11.9 Å². The van der Waals surface area contributed by atoms with Crippen molar-refractivity contribution in [3.8, 4) is 0 Å². The van der Waals surface area contributed by atoms with Crippen LogP contribution in [0.15, 0.2) is 85.1 Å². The van der Waals surface area contributed by atoms with Gasteiger partial charge in [0.2, 0.25) is 0 Å². The zero-order valence-electron chi connectivity index (χ0n) is 38.6. The van der Waals surface area contributed by atoms with Gasteiger partial charge < -0.3 is 27.9 Å². The molecule has 0 aromatic heterocycles. The van der Waals surface area contributed by atoms with Crippen molar-refractivity contribution in [1.82, 2.24) is 0 Å². The highest BCUT2D eigenvalue weighted by molar-refractivity contribution is 7.45. The fourth-order valence-corrected chi connectivity index (χ4v) is 6.50. The van der Waals surface area contributed by atoms with Crippen LogP contribution in [0.1, 0.15) is 168 Å². The summed E-state index contributed by atoms with van der Waals surface area (Å²) >= 11 is 0. The van der Waals surface area contributed by atoms with Gasteiger partial charge in [0.25, 0.3) is 7.82 Å². The molecule has 2 atom stereocenters. The number of esters is 2. The Morgan fingerprint density at radius 2 is 0.950 bits per heavy atom. The molecular weight excluding hydrogens is 774 g/mol. The first-order valence-electron chi connectivity index (χ1n) is 23.3. The number of unbranched alkanes of at least 4 members (excludes halogenated alkanes) is 13. The third-order valence-electron chi connectivity index (χ3n) is 9.40. The molecule has 0 aromatic rings. The Hall–Kier alpha value is -2.81. The number of hydrogen-bond donors (Lipinski definition) is 0. The molecule has 0 heterocycles. The lowest BCUT2D eigenvalue weighted by Crippen LogP contribution is -2.37. The molecule has 0 N–H and O–H groups in total. The first-order valence-corrected chi connectivity index (χ1v) is 24.8. The smallest absolute Gasteiger partial charge is 0.306 e. The number of likely N-dealkylation sites (N-methyl/N-ethyl adjacent to an activating group) is 1. The third-order valence-corrected chi connectivity index (χ3v) is 10.4. The summed E-state index contributed by atoms with van der Waals surface area (Å²) in [5.74, 6) is -0.881. The van der Waals surface area contributed by atoms with Gasteiger partial charge in [0.15, 0.2) is 6.10 Å². The fraction of sp³-hybridized carbons (Fsp3) is 0.680. The molecule has 0 saturated heterocycles. The number of hydrogen-bond acceptors (Lipinski definition) is 8. The highest BCUT2D eigenvalue weighted by Gasteiger charge is 2.21. The van der Waals surface area contributed by atoms with Gasteiger partial charge in [-0.2, -0.15) is 0 Å². The van der Waals surface area contributed by atoms with Gasteiger partial charge in [0, 0.05) is 12.8 Å². The predicted molar refractivity (Wildman–Crippen MR) is 249 cm³/mol. The van der Waals surface area contributed by atoms with E-state index in [1.807, 2.05) is 21.1 Å². The van der Waals surface area contributed by atoms with Gasteiger partial charge in [-0.3, -0.25) is 14.2 Å². The molecular formula is C50H86NO8P. The Morgan fingerprint density at radius 1 is 0.533 bits per heavy atom. The summed E-state index contributed by atoms with van der Waals surface area (Å²) in [4.78, 5) is 37.6. The van der Waals surface area contributed by atoms with Gasteiger partial charge in [0.05, 0.1) is 27.7 Å². The Kier molecular flexibility index (Phi) is 39.6. The molecule has 0 spiro atoms. The van der Waals surface area contributed by atoms with Gasteiger partial charge in [-0.15, -0.1) is 0 Å². The maximum atomic E-state index is 12.7. The second-order valence-electron chi connectivity index (χ2n) is 16.4. The second kappa shape index (κ2) is 41.5. The standard InChI is InChI=1S/C50H86NO8P/c1-6-8-10-12-14-16-18-20-21-22-23-24-25-26-27-28-29-31-33-35-37-39-41-43-50(53)59-48(47-58-60(54,55)57-45-44-51(3,4)5)46-56-49(52)42-40-38-36-34-32-30-19-17-15-13-11-9-7-2/h8,10,14,16-17,19-21,23-24,26-27,29,31,48H,6-7,9,11-13,15,18,22,25,28,30,32-47H2,1-5H3/b10-8-,16-14-,19-17-,21-20-,24-23-,27-26-,31-29-. The maximum absolute atomic E-state index is 12.7. The monoisotopic (exact) mass is 860 g/mol. The van der Waals surface area contributed by atoms with Gasteiger partial charge in [-0.05, 0) is 89.9 Å². The molecule has 344 valence electrons. The molecule has 0 bridgehead atoms. The van der Waals surface area contributed by atoms with E-state index in [9.17, 15) is 19.0 Å². The van der Waals surface area contributed by atoms with E-state index < -0.39 is 32.5 Å². The Labute approximate surface area is 367 Å². The average molecular weight is 860 g/mol. The van der Waals surface area contributed by atoms with Crippen molar-refractivity contribution < 1.29 is 42.1 Å². The van der Waals surface area contributed by atoms with Gasteiger partial charge in [-0.1, -0.05) is 150 Å². The number of quaternary nitrogens is 1. The van der Waals surface area contributed by atoms with Crippen LogP contribution in [0.5, 0.6) is 0 Å². The summed E-state index contributed by atoms with van der Waals surface area (Å²) in [5, 5.41) is 0. The van der Waals surface area contributed by atoms with E-state index in [0.29, 0.717) is 23.9 Å². The first kappa shape index (κ1) is 57.2. The van der Waals surface area contributed by atoms with Crippen LogP contribution in [0.2, 0.25) is 0 Å². The highest BCUT2D eigenvalue weighted by atomic mass is 31.2. The van der Waals surface area contributed by atoms with E-state index in [0.717, 1.165) is 96.3 Å². The van der Waals surface area contributed by atoms with E-state index in [2.05, 4.69) is 98.9 Å². The minimum atomic E-state index is -4.64. The molecule has 0 fully saturated rings. The van der Waals surface area contributed by atoms with Crippen LogP contribution in [0, 0.1) is 0 Å². The summed E-state index contributed by atoms with van der Waals surface area (Å²) < 4.78 is 33.9. The number of rotatable bonds is 41. The van der Waals surface area contributed by atoms with Crippen molar-refractivity contribution in [3.63, 3.8) is 0 Å². The van der Waals surface area contributed by atoms with E-state index in [4.69, 9.17) is 18.5 Å². The molecule has 0 aliphatic carbocycles. The molecule has 0 rings (SSSR count). The van der Waals surface area contributed by atoms with Crippen molar-refractivity contribution in [2.24, 2.45) is 0 Å². The molecule has 0 aromatic carbocycles. The van der Waals surface area contributed by atoms with Crippen LogP contribution in [0.3, 0.4) is 0 Å². The summed E-state index contributed by atoms with van der Waals surface area (Å²) in [6, 6.07) is 0. The van der Waals surface area contributed by atoms with Crippen LogP contribution < -0.4 is 4.89 Å². The Bertz CT molecular complexity index is 1290. The Morgan fingerprint density at radius 3 is 1.43 bits per heavy atom. The van der Waals surface area contributed by atoms with E-state index >= 15 is 0 Å². The predicted octanol–water partition coefficient (Wildman–Crippen LogP) is 12.9. The lowest BCUT2D eigenvalue weighted by molar-refractivity contribution is -0.870. The van der Waals surface area contributed by atoms with Crippen molar-refractivity contribution in [1.29, 1.82) is 0 Å². The molecule has 0 radical (unpaired) electrons. The van der Waals surface area contributed by atoms with Crippen LogP contribution in [-0.4, -0.2) is 70.0 Å². The fourth-order valence-electron chi connectivity index (χ4n) is 5.77. The topological polar surface area (TPSA) is 111 Å². The summed E-state index contributed by atoms with van der Waals surface area (Å²) in [5.41, 5.74) is 0. The van der Waals surface area contributed by atoms with Gasteiger partial charge in [-0.25, -0.2) is 0 Å². The number of phosphoric ester groups is 1. The third kappa shape index (κ3) is 44.7. The van der Waals surface area contributed by atoms with Crippen molar-refractivity contribution in [2.45, 2.75) is 174 Å². The molecule has 0 amide bonds. The van der Waals surface area contributed by atoms with Gasteiger partial charge in [0.1, 0.15) is 19.8 Å². The SMILES string of the molecule is CC/C=C\C/C=C\C/C=C\C/C=C\C/C=C\C/C=C\CCCCCCC(=O)OC(COC(=O)CCCCCCC/C=C\CCCCCC)COP(=O)([O-])OCC[N+](C)(C)C. The molecule has 10 heteroatoms. The van der Waals surface area contributed by atoms with Crippen molar-refractivity contribution >= 4 is 19.8 Å². The van der Waals surface area contributed by atoms with E-state index in [1.54, 1.807) is 0 Å². The number of nitrogens with zero attached hydrogens (tertiary/aromatic N) is 1. The number of allylic oxidation sites excluding steroid dienone is 14. The number of ether oxygens (including phenoxy) is 2. The highest BCUT2D eigenvalue weighted by Crippen LogP contribution is 2.38. The largest absolute Gasteiger partial charge is 0.756 e. The zero-order valence-corrected chi connectivity index (χ0v) is 39.5.